The largest absolute Gasteiger partial charge is 0.382 e. The zero-order valence-electron chi connectivity index (χ0n) is 8.43. The maximum atomic E-state index is 5.83. The highest BCUT2D eigenvalue weighted by Gasteiger charge is 2.19. The van der Waals surface area contributed by atoms with Crippen LogP contribution in [0.2, 0.25) is 5.15 Å². The Morgan fingerprint density at radius 2 is 1.92 bits per heavy atom. The molecule has 13 heavy (non-hydrogen) atoms. The predicted octanol–water partition coefficient (Wildman–Crippen LogP) is 1.97. The molecule has 0 bridgehead atoms. The van der Waals surface area contributed by atoms with Crippen LogP contribution in [-0.4, -0.2) is 33.2 Å². The lowest BCUT2D eigenvalue weighted by atomic mass is 10.3. The Morgan fingerprint density at radius 3 is 2.38 bits per heavy atom. The van der Waals surface area contributed by atoms with E-state index in [2.05, 4.69) is 31.4 Å². The van der Waals surface area contributed by atoms with E-state index in [0.717, 1.165) is 11.5 Å². The van der Waals surface area contributed by atoms with Gasteiger partial charge in [0.15, 0.2) is 0 Å². The molecule has 0 radical (unpaired) electrons. The minimum Gasteiger partial charge on any atom is -0.382 e. The SMILES string of the molecule is CNc1ccc(Cl)nc1[N+](C)(C)C. The van der Waals surface area contributed by atoms with Gasteiger partial charge >= 0.3 is 0 Å². The van der Waals surface area contributed by atoms with Crippen LogP contribution in [0, 0.1) is 0 Å². The first-order valence-corrected chi connectivity index (χ1v) is 4.49. The molecule has 1 aromatic heterocycles. The van der Waals surface area contributed by atoms with E-state index < -0.39 is 0 Å². The van der Waals surface area contributed by atoms with E-state index in [0.29, 0.717) is 9.64 Å². The molecule has 1 rings (SSSR count). The Bertz CT molecular complexity index is 304. The zero-order valence-corrected chi connectivity index (χ0v) is 9.18. The van der Waals surface area contributed by atoms with Crippen LogP contribution in [-0.2, 0) is 0 Å². The van der Waals surface area contributed by atoms with E-state index >= 15 is 0 Å². The third-order valence-electron chi connectivity index (χ3n) is 1.75. The van der Waals surface area contributed by atoms with E-state index in [9.17, 15) is 0 Å². The second-order valence-electron chi connectivity index (χ2n) is 3.77. The molecule has 0 fully saturated rings. The van der Waals surface area contributed by atoms with Gasteiger partial charge in [0.25, 0.3) is 5.82 Å². The molecule has 0 atom stereocenters. The van der Waals surface area contributed by atoms with Crippen molar-refractivity contribution in [1.82, 2.24) is 9.47 Å². The standard InChI is InChI=1S/C9H15ClN3/c1-11-7-5-6-8(10)12-9(7)13(2,3)4/h5-6,11H,1-4H3/q+1. The molecule has 72 valence electrons. The molecule has 1 aromatic rings. The Balaban J connectivity index is 3.24. The van der Waals surface area contributed by atoms with Gasteiger partial charge in [0.05, 0.1) is 21.1 Å². The van der Waals surface area contributed by atoms with Crippen molar-refractivity contribution in [1.29, 1.82) is 0 Å². The number of nitrogens with zero attached hydrogens (tertiary/aromatic N) is 2. The van der Waals surface area contributed by atoms with Crippen LogP contribution >= 0.6 is 11.6 Å². The fourth-order valence-electron chi connectivity index (χ4n) is 1.13. The van der Waals surface area contributed by atoms with Gasteiger partial charge in [0, 0.05) is 7.05 Å². The number of anilines is 1. The average Bonchev–Trinajstić information content (AvgIpc) is 2.03. The number of quaternary nitrogens is 1. The molecule has 0 aliphatic heterocycles. The Morgan fingerprint density at radius 1 is 1.31 bits per heavy atom. The first-order valence-electron chi connectivity index (χ1n) is 4.11. The van der Waals surface area contributed by atoms with Gasteiger partial charge in [0.1, 0.15) is 10.8 Å². The summed E-state index contributed by atoms with van der Waals surface area (Å²) in [6.07, 6.45) is 0. The lowest BCUT2D eigenvalue weighted by Gasteiger charge is -2.24. The van der Waals surface area contributed by atoms with Gasteiger partial charge in [0.2, 0.25) is 0 Å². The minimum absolute atomic E-state index is 0.530. The first-order chi connectivity index (χ1) is 5.95. The van der Waals surface area contributed by atoms with Crippen LogP contribution in [0.25, 0.3) is 0 Å². The monoisotopic (exact) mass is 200 g/mol. The molecule has 0 saturated heterocycles. The van der Waals surface area contributed by atoms with Crippen molar-refractivity contribution < 1.29 is 0 Å². The summed E-state index contributed by atoms with van der Waals surface area (Å²) in [7, 11) is 8.04. The molecule has 0 aliphatic rings. The maximum absolute atomic E-state index is 5.83. The van der Waals surface area contributed by atoms with E-state index in [1.54, 1.807) is 6.07 Å². The van der Waals surface area contributed by atoms with Gasteiger partial charge < -0.3 is 5.32 Å². The molecule has 4 heteroatoms. The summed E-state index contributed by atoms with van der Waals surface area (Å²) in [6.45, 7) is 0. The number of aromatic nitrogens is 1. The quantitative estimate of drug-likeness (QED) is 0.584. The smallest absolute Gasteiger partial charge is 0.252 e. The first kappa shape index (κ1) is 10.3. The number of hydrogen-bond acceptors (Lipinski definition) is 2. The van der Waals surface area contributed by atoms with E-state index in [1.165, 1.54) is 0 Å². The molecule has 0 amide bonds. The maximum Gasteiger partial charge on any atom is 0.252 e. The molecule has 0 unspecified atom stereocenters. The second kappa shape index (κ2) is 3.52. The van der Waals surface area contributed by atoms with E-state index in [1.807, 2.05) is 13.1 Å². The molecule has 0 spiro atoms. The summed E-state index contributed by atoms with van der Waals surface area (Å²) < 4.78 is 0.650. The van der Waals surface area contributed by atoms with Gasteiger partial charge in [-0.2, -0.15) is 4.98 Å². The summed E-state index contributed by atoms with van der Waals surface area (Å²) >= 11 is 5.83. The summed E-state index contributed by atoms with van der Waals surface area (Å²) in [5.74, 6) is 0.940. The van der Waals surface area contributed by atoms with Crippen molar-refractivity contribution in [3.8, 4) is 0 Å². The Hall–Kier alpha value is -0.800. The molecule has 0 aromatic carbocycles. The fraction of sp³-hybridized carbons (Fsp3) is 0.444. The number of hydrogen-bond donors (Lipinski definition) is 1. The lowest BCUT2D eigenvalue weighted by molar-refractivity contribution is 0.475. The molecule has 3 nitrogen and oxygen atoms in total. The third kappa shape index (κ3) is 2.32. The molecular formula is C9H15ClN3+. The molecule has 1 heterocycles. The van der Waals surface area contributed by atoms with Crippen LogP contribution in [0.1, 0.15) is 0 Å². The van der Waals surface area contributed by atoms with Crippen LogP contribution in [0.5, 0.6) is 0 Å². The van der Waals surface area contributed by atoms with Crippen molar-refractivity contribution in [3.63, 3.8) is 0 Å². The molecular weight excluding hydrogens is 186 g/mol. The minimum atomic E-state index is 0.530. The van der Waals surface area contributed by atoms with Crippen LogP contribution < -0.4 is 9.80 Å². The van der Waals surface area contributed by atoms with Crippen LogP contribution in [0.4, 0.5) is 11.5 Å². The second-order valence-corrected chi connectivity index (χ2v) is 4.15. The molecule has 0 saturated carbocycles. The van der Waals surface area contributed by atoms with Crippen LogP contribution in [0.15, 0.2) is 12.1 Å². The average molecular weight is 201 g/mol. The van der Waals surface area contributed by atoms with Crippen molar-refractivity contribution in [2.24, 2.45) is 0 Å². The lowest BCUT2D eigenvalue weighted by Crippen LogP contribution is -2.36. The summed E-state index contributed by atoms with van der Waals surface area (Å²) in [6, 6.07) is 3.72. The highest BCUT2D eigenvalue weighted by atomic mass is 35.5. The van der Waals surface area contributed by atoms with E-state index in [4.69, 9.17) is 11.6 Å². The summed E-state index contributed by atoms with van der Waals surface area (Å²) in [5.41, 5.74) is 1.01. The van der Waals surface area contributed by atoms with E-state index in [-0.39, 0.29) is 0 Å². The van der Waals surface area contributed by atoms with Crippen molar-refractivity contribution in [2.45, 2.75) is 0 Å². The summed E-state index contributed by atoms with van der Waals surface area (Å²) in [4.78, 5) is 4.29. The van der Waals surface area contributed by atoms with Crippen molar-refractivity contribution in [3.05, 3.63) is 17.3 Å². The zero-order chi connectivity index (χ0) is 10.1. The highest BCUT2D eigenvalue weighted by molar-refractivity contribution is 6.29. The van der Waals surface area contributed by atoms with Gasteiger partial charge in [-0.1, -0.05) is 11.6 Å². The van der Waals surface area contributed by atoms with Gasteiger partial charge in [-0.05, 0) is 12.1 Å². The van der Waals surface area contributed by atoms with Crippen LogP contribution in [0.3, 0.4) is 0 Å². The van der Waals surface area contributed by atoms with Gasteiger partial charge in [-0.25, -0.2) is 0 Å². The third-order valence-corrected chi connectivity index (χ3v) is 1.96. The molecule has 0 aliphatic carbocycles. The van der Waals surface area contributed by atoms with Gasteiger partial charge in [-0.3, -0.25) is 4.48 Å². The summed E-state index contributed by atoms with van der Waals surface area (Å²) in [5, 5.41) is 3.62. The fourth-order valence-corrected chi connectivity index (χ4v) is 1.27. The van der Waals surface area contributed by atoms with Crippen molar-refractivity contribution >= 4 is 23.1 Å². The van der Waals surface area contributed by atoms with Crippen molar-refractivity contribution in [2.75, 3.05) is 33.5 Å². The number of rotatable bonds is 2. The Kier molecular flexibility index (Phi) is 2.78. The Labute approximate surface area is 83.9 Å². The highest BCUT2D eigenvalue weighted by Crippen LogP contribution is 2.26. The topological polar surface area (TPSA) is 24.9 Å². The molecule has 1 N–H and O–H groups in total. The number of halogens is 1. The number of pyridine rings is 1. The number of nitrogens with one attached hydrogen (secondary N) is 1. The normalized spacial score (nSPS) is 11.5. The van der Waals surface area contributed by atoms with Gasteiger partial charge in [-0.15, -0.1) is 0 Å². The predicted molar refractivity (Wildman–Crippen MR) is 58.4 cm³/mol.